The van der Waals surface area contributed by atoms with Crippen LogP contribution in [0, 0.1) is 0 Å². The van der Waals surface area contributed by atoms with Crippen LogP contribution in [0.15, 0.2) is 52.3 Å². The lowest BCUT2D eigenvalue weighted by molar-refractivity contribution is 0.102. The number of methoxy groups -OCH3 is 3. The molecule has 0 aliphatic rings. The number of hydrogen-bond acceptors (Lipinski definition) is 7. The quantitative estimate of drug-likeness (QED) is 0.490. The molecule has 7 nitrogen and oxygen atoms in total. The minimum Gasteiger partial charge on any atom is -0.493 e. The van der Waals surface area contributed by atoms with E-state index < -0.39 is 0 Å². The van der Waals surface area contributed by atoms with Gasteiger partial charge in [0.15, 0.2) is 33.7 Å². The van der Waals surface area contributed by atoms with Crippen molar-refractivity contribution >= 4 is 33.3 Å². The van der Waals surface area contributed by atoms with Crippen LogP contribution in [-0.4, -0.2) is 32.2 Å². The molecule has 29 heavy (non-hydrogen) atoms. The molecule has 1 N–H and O–H groups in total. The molecule has 0 atom stereocenters. The van der Waals surface area contributed by atoms with Gasteiger partial charge < -0.3 is 18.6 Å². The highest BCUT2D eigenvalue weighted by atomic mass is 32.1. The summed E-state index contributed by atoms with van der Waals surface area (Å²) < 4.78 is 21.8. The molecule has 0 bridgehead atoms. The number of anilines is 1. The topological polar surface area (TPSA) is 82.8 Å². The third-order valence-corrected chi connectivity index (χ3v) is 5.11. The largest absolute Gasteiger partial charge is 0.493 e. The number of fused-ring (bicyclic) bond motifs is 1. The van der Waals surface area contributed by atoms with Crippen molar-refractivity contribution in [3.05, 3.63) is 53.4 Å². The number of amides is 1. The number of aromatic nitrogens is 1. The summed E-state index contributed by atoms with van der Waals surface area (Å²) in [6, 6.07) is 12.7. The Morgan fingerprint density at radius 1 is 1.03 bits per heavy atom. The van der Waals surface area contributed by atoms with Gasteiger partial charge in [0.1, 0.15) is 5.69 Å². The second-order valence-corrected chi connectivity index (χ2v) is 6.88. The predicted molar refractivity (Wildman–Crippen MR) is 111 cm³/mol. The van der Waals surface area contributed by atoms with Gasteiger partial charge in [-0.2, -0.15) is 0 Å². The summed E-state index contributed by atoms with van der Waals surface area (Å²) in [5.74, 6) is 1.76. The smallest absolute Gasteiger partial charge is 0.261 e. The second kappa shape index (κ2) is 7.84. The fraction of sp³-hybridized carbons (Fsp3) is 0.143. The van der Waals surface area contributed by atoms with E-state index in [9.17, 15) is 4.79 Å². The lowest BCUT2D eigenvalue weighted by Gasteiger charge is -2.11. The normalized spacial score (nSPS) is 10.7. The van der Waals surface area contributed by atoms with Gasteiger partial charge in [-0.25, -0.2) is 4.98 Å². The third-order valence-electron chi connectivity index (χ3n) is 4.35. The lowest BCUT2D eigenvalue weighted by Crippen LogP contribution is -2.13. The molecule has 1 amide bonds. The zero-order valence-corrected chi connectivity index (χ0v) is 16.8. The van der Waals surface area contributed by atoms with Gasteiger partial charge in [-0.15, -0.1) is 11.3 Å². The average molecular weight is 410 g/mol. The first-order valence-corrected chi connectivity index (χ1v) is 9.57. The van der Waals surface area contributed by atoms with Crippen molar-refractivity contribution in [1.82, 2.24) is 4.98 Å². The lowest BCUT2D eigenvalue weighted by atomic mass is 10.1. The minimum atomic E-state index is -0.340. The molecule has 2 heterocycles. The van der Waals surface area contributed by atoms with Gasteiger partial charge in [-0.3, -0.25) is 10.1 Å². The van der Waals surface area contributed by atoms with Crippen LogP contribution in [0.3, 0.4) is 0 Å². The molecule has 0 unspecified atom stereocenters. The van der Waals surface area contributed by atoms with Gasteiger partial charge in [0.25, 0.3) is 5.91 Å². The first-order valence-electron chi connectivity index (χ1n) is 8.69. The zero-order chi connectivity index (χ0) is 20.4. The highest BCUT2D eigenvalue weighted by Crippen LogP contribution is 2.35. The Bertz CT molecular complexity index is 1180. The van der Waals surface area contributed by atoms with Gasteiger partial charge >= 0.3 is 0 Å². The number of thiazole rings is 1. The molecule has 0 fully saturated rings. The number of ether oxygens (including phenoxy) is 3. The summed E-state index contributed by atoms with van der Waals surface area (Å²) in [5, 5.41) is 5.98. The highest BCUT2D eigenvalue weighted by molar-refractivity contribution is 7.14. The molecule has 148 valence electrons. The van der Waals surface area contributed by atoms with Gasteiger partial charge in [0.2, 0.25) is 0 Å². The predicted octanol–water partition coefficient (Wildman–Crippen LogP) is 4.83. The van der Waals surface area contributed by atoms with E-state index in [1.54, 1.807) is 25.3 Å². The van der Waals surface area contributed by atoms with E-state index in [-0.39, 0.29) is 5.91 Å². The fourth-order valence-corrected chi connectivity index (χ4v) is 3.69. The first kappa shape index (κ1) is 18.8. The Hall–Kier alpha value is -3.52. The zero-order valence-electron chi connectivity index (χ0n) is 16.0. The van der Waals surface area contributed by atoms with E-state index in [1.165, 1.54) is 25.6 Å². The van der Waals surface area contributed by atoms with Gasteiger partial charge in [0, 0.05) is 10.8 Å². The number of para-hydroxylation sites is 2. The van der Waals surface area contributed by atoms with Gasteiger partial charge in [-0.1, -0.05) is 18.2 Å². The fourth-order valence-electron chi connectivity index (χ4n) is 3.00. The molecule has 8 heteroatoms. The van der Waals surface area contributed by atoms with Crippen molar-refractivity contribution in [1.29, 1.82) is 0 Å². The van der Waals surface area contributed by atoms with E-state index in [4.69, 9.17) is 18.6 Å². The Balaban J connectivity index is 1.60. The summed E-state index contributed by atoms with van der Waals surface area (Å²) in [7, 11) is 4.61. The van der Waals surface area contributed by atoms with Crippen LogP contribution in [0.5, 0.6) is 17.2 Å². The average Bonchev–Trinajstić information content (AvgIpc) is 3.39. The van der Waals surface area contributed by atoms with Crippen LogP contribution in [0.25, 0.3) is 22.4 Å². The molecule has 2 aromatic heterocycles. The van der Waals surface area contributed by atoms with Crippen LogP contribution in [0.1, 0.15) is 10.4 Å². The third kappa shape index (κ3) is 3.50. The molecule has 0 saturated carbocycles. The Morgan fingerprint density at radius 2 is 1.79 bits per heavy atom. The standard InChI is InChI=1S/C21H18N2O5S/c1-25-15-8-4-6-12-10-17(28-18(12)15)14-11-29-21(22-14)23-20(24)13-7-5-9-16(26-2)19(13)27-3/h4-11H,1-3H3,(H,22,23,24). The maximum atomic E-state index is 12.7. The van der Waals surface area contributed by atoms with Gasteiger partial charge in [0.05, 0.1) is 26.9 Å². The van der Waals surface area contributed by atoms with Crippen LogP contribution in [-0.2, 0) is 0 Å². The first-order chi connectivity index (χ1) is 14.1. The highest BCUT2D eigenvalue weighted by Gasteiger charge is 2.18. The number of carbonyl (C=O) groups is 1. The molecule has 0 spiro atoms. The minimum absolute atomic E-state index is 0.340. The molecule has 2 aromatic carbocycles. The van der Waals surface area contributed by atoms with Crippen molar-refractivity contribution in [3.63, 3.8) is 0 Å². The van der Waals surface area contributed by atoms with E-state index in [1.807, 2.05) is 29.6 Å². The van der Waals surface area contributed by atoms with E-state index >= 15 is 0 Å². The van der Waals surface area contributed by atoms with Crippen molar-refractivity contribution in [3.8, 4) is 28.7 Å². The van der Waals surface area contributed by atoms with Crippen molar-refractivity contribution < 1.29 is 23.4 Å². The summed E-state index contributed by atoms with van der Waals surface area (Å²) in [4.78, 5) is 17.2. The molecule has 0 aliphatic carbocycles. The second-order valence-electron chi connectivity index (χ2n) is 6.02. The molecular weight excluding hydrogens is 392 g/mol. The van der Waals surface area contributed by atoms with Crippen molar-refractivity contribution in [2.45, 2.75) is 0 Å². The van der Waals surface area contributed by atoms with Crippen LogP contribution >= 0.6 is 11.3 Å². The molecule has 0 radical (unpaired) electrons. The number of furan rings is 1. The number of benzene rings is 2. The van der Waals surface area contributed by atoms with E-state index in [2.05, 4.69) is 10.3 Å². The monoisotopic (exact) mass is 410 g/mol. The molecule has 4 rings (SSSR count). The summed E-state index contributed by atoms with van der Waals surface area (Å²) in [6.45, 7) is 0. The number of carbonyl (C=O) groups excluding carboxylic acids is 1. The van der Waals surface area contributed by atoms with E-state index in [0.717, 1.165) is 5.39 Å². The Kier molecular flexibility index (Phi) is 5.09. The van der Waals surface area contributed by atoms with Crippen molar-refractivity contribution in [2.75, 3.05) is 26.6 Å². The molecule has 0 saturated heterocycles. The van der Waals surface area contributed by atoms with Crippen LogP contribution < -0.4 is 19.5 Å². The molecule has 4 aromatic rings. The number of rotatable bonds is 6. The molecule has 0 aliphatic heterocycles. The number of nitrogens with one attached hydrogen (secondary N) is 1. The van der Waals surface area contributed by atoms with Crippen LogP contribution in [0.2, 0.25) is 0 Å². The summed E-state index contributed by atoms with van der Waals surface area (Å²) in [6.07, 6.45) is 0. The maximum absolute atomic E-state index is 12.7. The SMILES string of the molecule is COc1cccc(C(=O)Nc2nc(-c3cc4cccc(OC)c4o3)cs2)c1OC. The summed E-state index contributed by atoms with van der Waals surface area (Å²) >= 11 is 1.30. The van der Waals surface area contributed by atoms with Crippen LogP contribution in [0.4, 0.5) is 5.13 Å². The van der Waals surface area contributed by atoms with E-state index in [0.29, 0.717) is 45.0 Å². The Morgan fingerprint density at radius 3 is 2.55 bits per heavy atom. The Labute approximate surface area is 170 Å². The molecular formula is C21H18N2O5S. The maximum Gasteiger partial charge on any atom is 0.261 e. The van der Waals surface area contributed by atoms with Crippen molar-refractivity contribution in [2.24, 2.45) is 0 Å². The number of hydrogen-bond donors (Lipinski definition) is 1. The van der Waals surface area contributed by atoms with Gasteiger partial charge in [-0.05, 0) is 24.3 Å². The summed E-state index contributed by atoms with van der Waals surface area (Å²) in [5.41, 5.74) is 1.64. The number of nitrogens with zero attached hydrogens (tertiary/aromatic N) is 1.